The summed E-state index contributed by atoms with van der Waals surface area (Å²) in [5.74, 6) is 1.05. The maximum absolute atomic E-state index is 6.00. The molecule has 0 heterocycles. The molecule has 0 aromatic carbocycles. The Balaban J connectivity index is 3.69. The molecular formula is C13H25Cl3S. The summed E-state index contributed by atoms with van der Waals surface area (Å²) in [6, 6.07) is 0. The van der Waals surface area contributed by atoms with Crippen molar-refractivity contribution < 1.29 is 0 Å². The lowest BCUT2D eigenvalue weighted by atomic mass is 9.97. The van der Waals surface area contributed by atoms with Crippen LogP contribution in [0.2, 0.25) is 0 Å². The number of halogens is 3. The number of rotatable bonds is 10. The highest BCUT2D eigenvalue weighted by Gasteiger charge is 2.31. The molecule has 4 heteroatoms. The van der Waals surface area contributed by atoms with Gasteiger partial charge in [0.25, 0.3) is 0 Å². The number of hydrogen-bond donors (Lipinski definition) is 1. The van der Waals surface area contributed by atoms with E-state index in [4.69, 9.17) is 34.8 Å². The zero-order valence-corrected chi connectivity index (χ0v) is 13.9. The minimum absolute atomic E-state index is 0.186. The Morgan fingerprint density at radius 3 is 1.94 bits per heavy atom. The molecule has 0 bridgehead atoms. The Hall–Kier alpha value is 1.22. The summed E-state index contributed by atoms with van der Waals surface area (Å²) in [6.07, 6.45) is 10.7. The Bertz CT molecular complexity index is 169. The van der Waals surface area contributed by atoms with E-state index in [2.05, 4.69) is 19.6 Å². The molecule has 0 nitrogen and oxygen atoms in total. The van der Waals surface area contributed by atoms with Gasteiger partial charge in [-0.25, -0.2) is 0 Å². The molecule has 0 aliphatic carbocycles. The summed E-state index contributed by atoms with van der Waals surface area (Å²) < 4.78 is -1.10. The van der Waals surface area contributed by atoms with Gasteiger partial charge >= 0.3 is 0 Å². The predicted octanol–water partition coefficient (Wildman–Crippen LogP) is 6.43. The third kappa shape index (κ3) is 10.8. The van der Waals surface area contributed by atoms with Crippen LogP contribution in [0.15, 0.2) is 0 Å². The van der Waals surface area contributed by atoms with Crippen molar-refractivity contribution >= 4 is 47.4 Å². The minimum Gasteiger partial charge on any atom is -0.179 e. The molecule has 0 aliphatic rings. The summed E-state index contributed by atoms with van der Waals surface area (Å²) in [6.45, 7) is 2.23. The number of alkyl halides is 3. The van der Waals surface area contributed by atoms with Crippen molar-refractivity contribution in [3.63, 3.8) is 0 Å². The van der Waals surface area contributed by atoms with Gasteiger partial charge in [0.15, 0.2) is 3.79 Å². The topological polar surface area (TPSA) is 0 Å². The average Bonchev–Trinajstić information content (AvgIpc) is 2.25. The lowest BCUT2D eigenvalue weighted by molar-refractivity contribution is 0.426. The second-order valence-corrected chi connectivity index (χ2v) is 7.48. The molecule has 17 heavy (non-hydrogen) atoms. The van der Waals surface area contributed by atoms with Crippen molar-refractivity contribution in [1.82, 2.24) is 0 Å². The van der Waals surface area contributed by atoms with Gasteiger partial charge in [-0.3, -0.25) is 0 Å². The largest absolute Gasteiger partial charge is 0.193 e. The lowest BCUT2D eigenvalue weighted by Crippen LogP contribution is -2.19. The van der Waals surface area contributed by atoms with Crippen LogP contribution in [0.3, 0.4) is 0 Å². The van der Waals surface area contributed by atoms with E-state index in [0.717, 1.165) is 25.0 Å². The van der Waals surface area contributed by atoms with Gasteiger partial charge in [0.2, 0.25) is 0 Å². The van der Waals surface area contributed by atoms with E-state index in [1.54, 1.807) is 0 Å². The second kappa shape index (κ2) is 11.1. The van der Waals surface area contributed by atoms with Crippen LogP contribution < -0.4 is 0 Å². The monoisotopic (exact) mass is 318 g/mol. The zero-order valence-electron chi connectivity index (χ0n) is 10.7. The molecule has 1 atom stereocenters. The number of thiol groups is 1. The molecule has 0 N–H and O–H groups in total. The smallest absolute Gasteiger partial charge is 0.179 e. The van der Waals surface area contributed by atoms with Gasteiger partial charge in [-0.2, -0.15) is 12.6 Å². The molecular weight excluding hydrogens is 295 g/mol. The highest BCUT2D eigenvalue weighted by Crippen LogP contribution is 2.40. The van der Waals surface area contributed by atoms with Crippen molar-refractivity contribution in [3.05, 3.63) is 0 Å². The van der Waals surface area contributed by atoms with Gasteiger partial charge in [0, 0.05) is 5.92 Å². The predicted molar refractivity (Wildman–Crippen MR) is 84.9 cm³/mol. The Labute approximate surface area is 127 Å². The van der Waals surface area contributed by atoms with Crippen LogP contribution >= 0.6 is 47.4 Å². The quantitative estimate of drug-likeness (QED) is 0.267. The number of unbranched alkanes of at least 4 members (excludes halogenated alkanes) is 5. The Morgan fingerprint density at radius 1 is 0.882 bits per heavy atom. The zero-order chi connectivity index (χ0) is 13.1. The van der Waals surface area contributed by atoms with Gasteiger partial charge in [-0.1, -0.05) is 80.3 Å². The van der Waals surface area contributed by atoms with Crippen molar-refractivity contribution in [2.24, 2.45) is 5.92 Å². The van der Waals surface area contributed by atoms with Crippen LogP contribution in [-0.4, -0.2) is 9.55 Å². The second-order valence-electron chi connectivity index (χ2n) is 4.66. The van der Waals surface area contributed by atoms with E-state index in [0.29, 0.717) is 0 Å². The molecule has 0 aromatic heterocycles. The molecule has 0 amide bonds. The van der Waals surface area contributed by atoms with Gasteiger partial charge in [0.05, 0.1) is 0 Å². The third-order valence-corrected chi connectivity index (χ3v) is 4.32. The molecule has 0 aliphatic heterocycles. The highest BCUT2D eigenvalue weighted by molar-refractivity contribution is 7.80. The molecule has 0 radical (unpaired) electrons. The molecule has 0 saturated carbocycles. The summed E-state index contributed by atoms with van der Waals surface area (Å²) in [4.78, 5) is 0. The van der Waals surface area contributed by atoms with E-state index in [9.17, 15) is 0 Å². The molecule has 0 rings (SSSR count). The van der Waals surface area contributed by atoms with Crippen LogP contribution in [0.5, 0.6) is 0 Å². The average molecular weight is 320 g/mol. The van der Waals surface area contributed by atoms with Crippen molar-refractivity contribution in [2.45, 2.75) is 68.5 Å². The summed E-state index contributed by atoms with van der Waals surface area (Å²) in [5.41, 5.74) is 0. The van der Waals surface area contributed by atoms with E-state index >= 15 is 0 Å². The molecule has 0 spiro atoms. The lowest BCUT2D eigenvalue weighted by Gasteiger charge is -2.24. The first-order chi connectivity index (χ1) is 8.02. The molecule has 0 saturated heterocycles. The summed E-state index contributed by atoms with van der Waals surface area (Å²) >= 11 is 22.2. The maximum Gasteiger partial charge on any atom is 0.193 e. The Morgan fingerprint density at radius 2 is 1.41 bits per heavy atom. The van der Waals surface area contributed by atoms with Crippen molar-refractivity contribution in [3.8, 4) is 0 Å². The van der Waals surface area contributed by atoms with Crippen LogP contribution in [0.4, 0.5) is 0 Å². The van der Waals surface area contributed by atoms with Crippen LogP contribution in [-0.2, 0) is 0 Å². The third-order valence-electron chi connectivity index (χ3n) is 3.08. The van der Waals surface area contributed by atoms with Gasteiger partial charge in [-0.15, -0.1) is 0 Å². The Kier molecular flexibility index (Phi) is 11.9. The SMILES string of the molecule is CCCCCCCCC(CCCS)C(Cl)(Cl)Cl. The van der Waals surface area contributed by atoms with Crippen molar-refractivity contribution in [1.29, 1.82) is 0 Å². The van der Waals surface area contributed by atoms with Crippen LogP contribution in [0, 0.1) is 5.92 Å². The first-order valence-electron chi connectivity index (χ1n) is 6.70. The summed E-state index contributed by atoms with van der Waals surface area (Å²) in [7, 11) is 0. The van der Waals surface area contributed by atoms with Crippen LogP contribution in [0.25, 0.3) is 0 Å². The standard InChI is InChI=1S/C13H25Cl3S/c1-2-3-4-5-6-7-9-12(10-8-11-17)13(14,15)16/h12,17H,2-11H2,1H3. The minimum atomic E-state index is -1.10. The van der Waals surface area contributed by atoms with Crippen molar-refractivity contribution in [2.75, 3.05) is 5.75 Å². The van der Waals surface area contributed by atoms with Crippen LogP contribution in [0.1, 0.15) is 64.7 Å². The highest BCUT2D eigenvalue weighted by atomic mass is 35.6. The first-order valence-corrected chi connectivity index (χ1v) is 8.46. The fraction of sp³-hybridized carbons (Fsp3) is 1.00. The number of hydrogen-bond acceptors (Lipinski definition) is 1. The fourth-order valence-corrected chi connectivity index (χ4v) is 2.82. The molecule has 104 valence electrons. The van der Waals surface area contributed by atoms with E-state index in [1.165, 1.54) is 38.5 Å². The molecule has 0 fully saturated rings. The molecule has 0 aromatic rings. The van der Waals surface area contributed by atoms with Gasteiger partial charge < -0.3 is 0 Å². The van der Waals surface area contributed by atoms with Gasteiger partial charge in [-0.05, 0) is 25.0 Å². The molecule has 1 unspecified atom stereocenters. The maximum atomic E-state index is 6.00. The fourth-order valence-electron chi connectivity index (χ4n) is 1.98. The van der Waals surface area contributed by atoms with E-state index in [1.807, 2.05) is 0 Å². The normalized spacial score (nSPS) is 13.9. The first kappa shape index (κ1) is 18.2. The van der Waals surface area contributed by atoms with Gasteiger partial charge in [0.1, 0.15) is 0 Å². The summed E-state index contributed by atoms with van der Waals surface area (Å²) in [5, 5.41) is 0. The van der Waals surface area contributed by atoms with E-state index < -0.39 is 3.79 Å². The van der Waals surface area contributed by atoms with E-state index in [-0.39, 0.29) is 5.92 Å².